The van der Waals surface area contributed by atoms with Crippen LogP contribution in [0.5, 0.6) is 0 Å². The number of rotatable bonds is 27. The number of likely N-dealkylation sites (N-methyl/N-ethyl adjacent to an activating group) is 1. The van der Waals surface area contributed by atoms with Gasteiger partial charge in [-0.05, 0) is 75.6 Å². The van der Waals surface area contributed by atoms with Gasteiger partial charge in [-0.2, -0.15) is 35.0 Å². The Hall–Kier alpha value is -4.58. The molecule has 0 spiro atoms. The van der Waals surface area contributed by atoms with Crippen molar-refractivity contribution in [2.75, 3.05) is 54.9 Å². The van der Waals surface area contributed by atoms with Gasteiger partial charge in [0.25, 0.3) is 20.2 Å². The molecule has 3 aliphatic heterocycles. The van der Waals surface area contributed by atoms with Gasteiger partial charge >= 0.3 is 29.2 Å². The average Bonchev–Trinajstić information content (AvgIpc) is 1.83. The van der Waals surface area contributed by atoms with Crippen LogP contribution in [0.15, 0.2) is 81.1 Å². The number of benzene rings is 2. The van der Waals surface area contributed by atoms with Crippen LogP contribution in [0.25, 0.3) is 0 Å². The van der Waals surface area contributed by atoms with E-state index in [9.17, 15) is 68.9 Å². The molecule has 2 amide bonds. The third kappa shape index (κ3) is 18.0. The van der Waals surface area contributed by atoms with Crippen molar-refractivity contribution in [1.82, 2.24) is 20.2 Å². The molecule has 0 saturated carbocycles. The lowest BCUT2D eigenvalue weighted by Gasteiger charge is -2.25. The number of amides is 2. The second-order valence-corrected chi connectivity index (χ2v) is 29.9. The van der Waals surface area contributed by atoms with Crippen LogP contribution in [0.3, 0.4) is 0 Å². The zero-order valence-corrected chi connectivity index (χ0v) is 51.3. The first-order chi connectivity index (χ1) is 38.5. The number of hydrogen-bond acceptors (Lipinski definition) is 20. The molecule has 28 nitrogen and oxygen atoms in total. The summed E-state index contributed by atoms with van der Waals surface area (Å²) in [4.78, 5) is 79.6. The molecule has 2 aromatic carbocycles. The van der Waals surface area contributed by atoms with E-state index in [-0.39, 0.29) is 52.4 Å². The van der Waals surface area contributed by atoms with Crippen LogP contribution in [0.1, 0.15) is 96.1 Å². The molecule has 4 heterocycles. The number of unbranched alkanes of at least 4 members (excludes halogenated alkanes) is 2. The van der Waals surface area contributed by atoms with Crippen molar-refractivity contribution in [3.8, 4) is 11.8 Å². The number of hydrogen-bond donors (Lipinski definition) is 10. The van der Waals surface area contributed by atoms with E-state index in [1.54, 1.807) is 12.1 Å². The number of nitrogens with zero attached hydrogens (tertiary/aromatic N) is 4. The molecule has 3 aromatic rings. The molecule has 83 heavy (non-hydrogen) atoms. The van der Waals surface area contributed by atoms with Gasteiger partial charge in [-0.15, -0.1) is 0 Å². The quantitative estimate of drug-likeness (QED) is 0.0125. The summed E-state index contributed by atoms with van der Waals surface area (Å²) in [5, 5.41) is 16.0. The Morgan fingerprint density at radius 3 is 2.22 bits per heavy atom. The zero-order valence-electron chi connectivity index (χ0n) is 45.4. The number of nitrogens with two attached hydrogens (primary N) is 1. The van der Waals surface area contributed by atoms with Gasteiger partial charge in [0, 0.05) is 91.0 Å². The van der Waals surface area contributed by atoms with E-state index < -0.39 is 85.3 Å². The molecule has 0 radical (unpaired) electrons. The van der Waals surface area contributed by atoms with Crippen LogP contribution in [0, 0.1) is 11.8 Å². The summed E-state index contributed by atoms with van der Waals surface area (Å²) >= 11 is 0. The number of phosphoric ester groups is 1. The smallest absolute Gasteiger partial charge is 0.390 e. The summed E-state index contributed by atoms with van der Waals surface area (Å²) in [6, 6.07) is 9.10. The van der Waals surface area contributed by atoms with E-state index in [1.807, 2.05) is 52.8 Å². The van der Waals surface area contributed by atoms with Gasteiger partial charge in [0.05, 0.1) is 40.0 Å². The number of nitrogens with one attached hydrogen (secondary N) is 2. The Morgan fingerprint density at radius 1 is 0.904 bits per heavy atom. The van der Waals surface area contributed by atoms with Crippen molar-refractivity contribution in [2.45, 2.75) is 112 Å². The molecule has 0 bridgehead atoms. The first-order valence-electron chi connectivity index (χ1n) is 25.4. The lowest BCUT2D eigenvalue weighted by molar-refractivity contribution is -0.438. The van der Waals surface area contributed by atoms with E-state index in [1.165, 1.54) is 52.1 Å². The fraction of sp³-hybridized carbons (Fsp3) is 0.479. The highest BCUT2D eigenvalue weighted by atomic mass is 33.1. The summed E-state index contributed by atoms with van der Waals surface area (Å²) in [6.45, 7) is 10.4. The molecular weight excluding hydrogens is 1230 g/mol. The standard InChI is InChI=1S/C48H64N7O21P3S4/c1-6-53-36-18-16-32(82(67,68)69)26-34(36)47(2,3)40(53)13-10-14-41-48(4,5)35-27-33(83(70,71)72)17-19-37(35)54(41)23-9-7-8-15-42(57)51-22-25-81-80-24-20-43(58)50-21-11-12-31-29-55(46(59)52-45(31)49)44-28-38(56)39(74-44)30-73-78(63,64)76-79(65,66)75-77(60,61)62/h10,13-14,16-19,26-27,29,38-39,44,56H,6-9,15,20-25,28,30H2,1-5H3,(H9-,49,50,51,52,57,58,59,60,61,62,63,64,65,66,67,68,69,70,71,72)/p+1/t38?,39-,44-/m1/s1. The minimum absolute atomic E-state index is 0.0445. The molecule has 35 heteroatoms. The molecule has 3 unspecified atom stereocenters. The molecule has 3 aliphatic rings. The lowest BCUT2D eigenvalue weighted by Crippen LogP contribution is -2.29. The number of carbonyl (C=O) groups is 2. The second kappa shape index (κ2) is 27.4. The maximum absolute atomic E-state index is 12.7. The summed E-state index contributed by atoms with van der Waals surface area (Å²) in [5.41, 5.74) is 8.52. The largest absolute Gasteiger partial charge is 0.490 e. The normalized spacial score (nSPS) is 20.4. The van der Waals surface area contributed by atoms with Gasteiger partial charge in [0.1, 0.15) is 24.7 Å². The number of anilines is 2. The van der Waals surface area contributed by atoms with Gasteiger partial charge < -0.3 is 50.7 Å². The van der Waals surface area contributed by atoms with Crippen molar-refractivity contribution in [2.24, 2.45) is 0 Å². The molecule has 11 N–H and O–H groups in total. The summed E-state index contributed by atoms with van der Waals surface area (Å²) < 4.78 is 123. The highest BCUT2D eigenvalue weighted by Gasteiger charge is 2.46. The van der Waals surface area contributed by atoms with Gasteiger partial charge in [-0.25, -0.2) is 18.5 Å². The van der Waals surface area contributed by atoms with Crippen molar-refractivity contribution < 1.29 is 96.4 Å². The van der Waals surface area contributed by atoms with E-state index in [2.05, 4.69) is 50.1 Å². The number of aromatic nitrogens is 2. The molecular formula is C48H65N7O21P3S4+. The van der Waals surface area contributed by atoms with Crippen LogP contribution >= 0.6 is 45.1 Å². The van der Waals surface area contributed by atoms with Crippen LogP contribution in [0.2, 0.25) is 0 Å². The number of aliphatic hydroxyl groups is 1. The van der Waals surface area contributed by atoms with Crippen molar-refractivity contribution in [1.29, 1.82) is 0 Å². The highest BCUT2D eigenvalue weighted by molar-refractivity contribution is 8.76. The highest BCUT2D eigenvalue weighted by Crippen LogP contribution is 2.66. The fourth-order valence-corrected chi connectivity index (χ4v) is 15.3. The van der Waals surface area contributed by atoms with E-state index in [4.69, 9.17) is 20.3 Å². The molecule has 1 saturated heterocycles. The molecule has 1 fully saturated rings. The first-order valence-corrected chi connectivity index (χ1v) is 35.3. The Bertz CT molecular complexity index is 3580. The Labute approximate surface area is 486 Å². The van der Waals surface area contributed by atoms with E-state index in [0.717, 1.165) is 32.9 Å². The minimum Gasteiger partial charge on any atom is -0.390 e. The predicted octanol–water partition coefficient (Wildman–Crippen LogP) is 4.56. The maximum Gasteiger partial charge on any atom is 0.490 e. The monoisotopic (exact) mass is 1300 g/mol. The number of allylic oxidation sites excluding steroid dienone is 4. The van der Waals surface area contributed by atoms with Crippen LogP contribution in [0.4, 0.5) is 17.2 Å². The maximum atomic E-state index is 12.7. The molecule has 1 aromatic heterocycles. The molecule has 6 rings (SSSR count). The van der Waals surface area contributed by atoms with Gasteiger partial charge in [0.15, 0.2) is 5.71 Å². The SMILES string of the molecule is CCN1C(=CC=CC2=[N+](CCCCCC(=O)NCCSSCCC(=O)NCC#Cc3cn([C@H]4CC(O)[C@@H](COP(=O)(O)OP(=O)(O)OP(=O)(O)O)O4)c(=O)nc3N)c3ccc(S(=O)(=O)O)cc3C2(C)C)C(C)(C)c2cc(S(=O)(=O)O)ccc21. The molecule has 0 aliphatic carbocycles. The Balaban J connectivity index is 0.914. The summed E-state index contributed by atoms with van der Waals surface area (Å²) in [6.07, 6.45) is 5.10. The predicted molar refractivity (Wildman–Crippen MR) is 307 cm³/mol. The second-order valence-electron chi connectivity index (χ2n) is 19.9. The number of fused-ring (bicyclic) bond motifs is 2. The molecule has 456 valence electrons. The number of carbonyl (C=O) groups excluding carboxylic acids is 2. The van der Waals surface area contributed by atoms with Crippen LogP contribution in [-0.4, -0.2) is 139 Å². The lowest BCUT2D eigenvalue weighted by atomic mass is 9.81. The third-order valence-electron chi connectivity index (χ3n) is 13.3. The Kier molecular flexibility index (Phi) is 22.3. The van der Waals surface area contributed by atoms with Gasteiger partial charge in [0.2, 0.25) is 17.5 Å². The topological polar surface area (TPSA) is 423 Å². The van der Waals surface area contributed by atoms with Crippen LogP contribution in [-0.2, 0) is 72.2 Å². The van der Waals surface area contributed by atoms with Gasteiger partial charge in [-0.1, -0.05) is 53.4 Å². The summed E-state index contributed by atoms with van der Waals surface area (Å²) in [5.74, 6) is 5.74. The van der Waals surface area contributed by atoms with Gasteiger partial charge in [-0.3, -0.25) is 27.8 Å². The van der Waals surface area contributed by atoms with Crippen molar-refractivity contribution >= 4 is 100 Å². The first kappa shape index (κ1) is 67.5. The van der Waals surface area contributed by atoms with Crippen molar-refractivity contribution in [3.05, 3.63) is 93.7 Å². The number of phosphoric acid groups is 3. The minimum atomic E-state index is -5.79. The van der Waals surface area contributed by atoms with E-state index >= 15 is 0 Å². The number of ether oxygens (including phenoxy) is 1. The fourth-order valence-electron chi connectivity index (χ4n) is 9.41. The van der Waals surface area contributed by atoms with Crippen molar-refractivity contribution in [3.63, 3.8) is 0 Å². The zero-order chi connectivity index (χ0) is 61.5. The molecule has 5 atom stereocenters. The number of aliphatic hydroxyl groups excluding tert-OH is 1. The number of nitrogen functional groups attached to an aromatic ring is 1. The van der Waals surface area contributed by atoms with E-state index in [0.29, 0.717) is 62.4 Å². The average molecular weight is 1300 g/mol. The van der Waals surface area contributed by atoms with Crippen LogP contribution < -0.4 is 27.0 Å². The summed E-state index contributed by atoms with van der Waals surface area (Å²) in [7, 11) is -22.9. The Morgan fingerprint density at radius 2 is 1.55 bits per heavy atom. The third-order valence-corrected chi connectivity index (χ3v) is 21.3.